The fourth-order valence-corrected chi connectivity index (χ4v) is 5.25. The second-order valence-electron chi connectivity index (χ2n) is 7.66. The molecule has 0 aliphatic carbocycles. The van der Waals surface area contributed by atoms with Gasteiger partial charge < -0.3 is 9.80 Å². The van der Waals surface area contributed by atoms with Crippen molar-refractivity contribution in [1.82, 2.24) is 25.0 Å². The Morgan fingerprint density at radius 3 is 2.61 bits per heavy atom. The summed E-state index contributed by atoms with van der Waals surface area (Å²) in [6.07, 6.45) is 1.73. The number of amides is 3. The molecule has 33 heavy (non-hydrogen) atoms. The van der Waals surface area contributed by atoms with E-state index in [2.05, 4.69) is 20.5 Å². The van der Waals surface area contributed by atoms with Gasteiger partial charge in [0.15, 0.2) is 10.8 Å². The van der Waals surface area contributed by atoms with Gasteiger partial charge in [-0.25, -0.2) is 4.98 Å². The number of rotatable bonds is 6. The van der Waals surface area contributed by atoms with Crippen molar-refractivity contribution in [1.29, 1.82) is 0 Å². The van der Waals surface area contributed by atoms with Gasteiger partial charge in [-0.1, -0.05) is 23.5 Å². The quantitative estimate of drug-likeness (QED) is 0.520. The van der Waals surface area contributed by atoms with Crippen molar-refractivity contribution in [3.63, 3.8) is 0 Å². The van der Waals surface area contributed by atoms with Gasteiger partial charge in [0, 0.05) is 50.1 Å². The Kier molecular flexibility index (Phi) is 7.09. The summed E-state index contributed by atoms with van der Waals surface area (Å²) in [5.41, 5.74) is 2.81. The number of benzene rings is 1. The van der Waals surface area contributed by atoms with Crippen LogP contribution in [0.15, 0.2) is 40.7 Å². The minimum absolute atomic E-state index is 0.0126. The minimum atomic E-state index is -0.305. The van der Waals surface area contributed by atoms with E-state index < -0.39 is 0 Å². The topological polar surface area (TPSA) is 111 Å². The minimum Gasteiger partial charge on any atom is -0.339 e. The number of hydrogen-bond acceptors (Lipinski definition) is 7. The molecular weight excluding hydrogens is 460 g/mol. The molecule has 0 radical (unpaired) electrons. The van der Waals surface area contributed by atoms with Crippen molar-refractivity contribution >= 4 is 46.0 Å². The molecule has 1 saturated heterocycles. The number of thiazole rings is 1. The van der Waals surface area contributed by atoms with E-state index in [1.54, 1.807) is 40.7 Å². The number of H-pyrrole nitrogens is 1. The summed E-state index contributed by atoms with van der Waals surface area (Å²) >= 11 is 2.99. The maximum Gasteiger partial charge on any atom is 0.277 e. The molecule has 0 spiro atoms. The fraction of sp³-hybridized carbons (Fsp3) is 0.318. The van der Waals surface area contributed by atoms with Crippen LogP contribution in [0.25, 0.3) is 0 Å². The van der Waals surface area contributed by atoms with Gasteiger partial charge in [0.2, 0.25) is 5.91 Å². The van der Waals surface area contributed by atoms with Crippen LogP contribution in [0, 0.1) is 6.92 Å². The van der Waals surface area contributed by atoms with Crippen LogP contribution in [0.5, 0.6) is 0 Å². The Hall–Kier alpha value is -3.18. The highest BCUT2D eigenvalue weighted by atomic mass is 32.2. The molecule has 1 aromatic carbocycles. The molecule has 9 nitrogen and oxygen atoms in total. The lowest BCUT2D eigenvalue weighted by Gasteiger charge is -2.34. The number of hydrogen-bond donors (Lipinski definition) is 2. The van der Waals surface area contributed by atoms with Crippen LogP contribution >= 0.6 is 23.1 Å². The lowest BCUT2D eigenvalue weighted by atomic mass is 10.1. The summed E-state index contributed by atoms with van der Waals surface area (Å²) in [5, 5.41) is 9.96. The number of nitrogens with one attached hydrogen (secondary N) is 2. The smallest absolute Gasteiger partial charge is 0.277 e. The highest BCUT2D eigenvalue weighted by molar-refractivity contribution is 8.00. The lowest BCUT2D eigenvalue weighted by molar-refractivity contribution is -0.130. The second kappa shape index (κ2) is 10.2. The Balaban J connectivity index is 1.31. The fourth-order valence-electron chi connectivity index (χ4n) is 3.43. The number of piperazine rings is 1. The van der Waals surface area contributed by atoms with Crippen molar-refractivity contribution in [2.75, 3.05) is 31.5 Å². The molecular formula is C22H24N6O3S2. The Labute approximate surface area is 199 Å². The molecule has 3 aromatic rings. The number of aromatic amines is 1. The standard InChI is InChI=1S/C22H24N6O3S2/c1-14-10-18(26-25-14)20(30)24-22-23-12-19(33-22)32-13-16-4-3-5-17(11-16)21(31)28-8-6-27(7-9-28)15(2)29/h3-5,10-12H,6-9,13H2,1-2H3,(H,25,26)(H,23,24,30). The normalized spacial score (nSPS) is 13.8. The Bertz CT molecular complexity index is 1170. The zero-order valence-corrected chi connectivity index (χ0v) is 20.0. The summed E-state index contributed by atoms with van der Waals surface area (Å²) in [6.45, 7) is 5.62. The first-order valence-corrected chi connectivity index (χ1v) is 12.2. The van der Waals surface area contributed by atoms with E-state index in [1.807, 2.05) is 31.2 Å². The third-order valence-electron chi connectivity index (χ3n) is 5.21. The molecule has 2 aromatic heterocycles. The van der Waals surface area contributed by atoms with Gasteiger partial charge in [0.25, 0.3) is 11.8 Å². The average Bonchev–Trinajstić information content (AvgIpc) is 3.46. The van der Waals surface area contributed by atoms with E-state index in [4.69, 9.17) is 0 Å². The highest BCUT2D eigenvalue weighted by Gasteiger charge is 2.23. The van der Waals surface area contributed by atoms with Gasteiger partial charge in [-0.05, 0) is 30.7 Å². The first kappa shape index (κ1) is 23.0. The molecule has 11 heteroatoms. The van der Waals surface area contributed by atoms with Gasteiger partial charge in [0.05, 0.1) is 10.4 Å². The van der Waals surface area contributed by atoms with Gasteiger partial charge >= 0.3 is 0 Å². The number of aryl methyl sites for hydroxylation is 1. The van der Waals surface area contributed by atoms with Crippen molar-refractivity contribution in [2.45, 2.75) is 23.8 Å². The highest BCUT2D eigenvalue weighted by Crippen LogP contribution is 2.31. The molecule has 4 rings (SSSR count). The Morgan fingerprint density at radius 1 is 1.15 bits per heavy atom. The first-order chi connectivity index (χ1) is 15.9. The van der Waals surface area contributed by atoms with Gasteiger partial charge in [0.1, 0.15) is 0 Å². The van der Waals surface area contributed by atoms with Crippen LogP contribution < -0.4 is 5.32 Å². The van der Waals surface area contributed by atoms with E-state index in [9.17, 15) is 14.4 Å². The molecule has 1 fully saturated rings. The lowest BCUT2D eigenvalue weighted by Crippen LogP contribution is -2.50. The van der Waals surface area contributed by atoms with Gasteiger partial charge in [-0.2, -0.15) is 5.10 Å². The van der Waals surface area contributed by atoms with Gasteiger partial charge in [-0.15, -0.1) is 11.8 Å². The van der Waals surface area contributed by atoms with E-state index in [-0.39, 0.29) is 17.7 Å². The molecule has 1 aliphatic rings. The number of carbonyl (C=O) groups excluding carboxylic acids is 3. The van der Waals surface area contributed by atoms with Crippen LogP contribution in [0.2, 0.25) is 0 Å². The number of aromatic nitrogens is 3. The summed E-state index contributed by atoms with van der Waals surface area (Å²) < 4.78 is 0.959. The zero-order chi connectivity index (χ0) is 23.4. The number of anilines is 1. The Morgan fingerprint density at radius 2 is 1.91 bits per heavy atom. The largest absolute Gasteiger partial charge is 0.339 e. The summed E-state index contributed by atoms with van der Waals surface area (Å²) in [7, 11) is 0. The maximum atomic E-state index is 12.9. The molecule has 3 amide bonds. The molecule has 0 saturated carbocycles. The predicted octanol–water partition coefficient (Wildman–Crippen LogP) is 3.02. The predicted molar refractivity (Wildman–Crippen MR) is 128 cm³/mol. The molecule has 0 atom stereocenters. The molecule has 0 bridgehead atoms. The van der Waals surface area contributed by atoms with E-state index >= 15 is 0 Å². The molecule has 2 N–H and O–H groups in total. The number of carbonyl (C=O) groups is 3. The van der Waals surface area contributed by atoms with Crippen LogP contribution in [-0.2, 0) is 10.5 Å². The summed E-state index contributed by atoms with van der Waals surface area (Å²) in [4.78, 5) is 44.4. The first-order valence-electron chi connectivity index (χ1n) is 10.4. The average molecular weight is 485 g/mol. The number of nitrogens with zero attached hydrogens (tertiary/aromatic N) is 4. The van der Waals surface area contributed by atoms with Crippen molar-refractivity contribution < 1.29 is 14.4 Å². The SMILES string of the molecule is CC(=O)N1CCN(C(=O)c2cccc(CSc3cnc(NC(=O)c4cc(C)[nH]n4)s3)c2)CC1. The molecule has 172 valence electrons. The third-order valence-corrected chi connectivity index (χ3v) is 7.39. The van der Waals surface area contributed by atoms with E-state index in [1.165, 1.54) is 11.3 Å². The maximum absolute atomic E-state index is 12.9. The second-order valence-corrected chi connectivity index (χ2v) is 9.97. The molecule has 0 unspecified atom stereocenters. The van der Waals surface area contributed by atoms with Crippen molar-refractivity contribution in [3.05, 3.63) is 59.0 Å². The van der Waals surface area contributed by atoms with Crippen LogP contribution in [0.1, 0.15) is 39.0 Å². The van der Waals surface area contributed by atoms with Crippen LogP contribution in [-0.4, -0.2) is 68.9 Å². The van der Waals surface area contributed by atoms with E-state index in [0.717, 1.165) is 15.5 Å². The third kappa shape index (κ3) is 5.79. The van der Waals surface area contributed by atoms with Crippen LogP contribution in [0.4, 0.5) is 5.13 Å². The van der Waals surface area contributed by atoms with Crippen LogP contribution in [0.3, 0.4) is 0 Å². The summed E-state index contributed by atoms with van der Waals surface area (Å²) in [5.74, 6) is 0.401. The zero-order valence-electron chi connectivity index (χ0n) is 18.3. The van der Waals surface area contributed by atoms with E-state index in [0.29, 0.717) is 48.3 Å². The molecule has 3 heterocycles. The van der Waals surface area contributed by atoms with Crippen molar-refractivity contribution in [2.24, 2.45) is 0 Å². The summed E-state index contributed by atoms with van der Waals surface area (Å²) in [6, 6.07) is 9.29. The van der Waals surface area contributed by atoms with Crippen molar-refractivity contribution in [3.8, 4) is 0 Å². The number of thioether (sulfide) groups is 1. The monoisotopic (exact) mass is 484 g/mol. The van der Waals surface area contributed by atoms with Gasteiger partial charge in [-0.3, -0.25) is 24.8 Å². The molecule has 1 aliphatic heterocycles.